The first-order valence-corrected chi connectivity index (χ1v) is 10.3. The van der Waals surface area contributed by atoms with Crippen LogP contribution in [-0.4, -0.2) is 17.0 Å². The van der Waals surface area contributed by atoms with Crippen LogP contribution in [-0.2, 0) is 0 Å². The van der Waals surface area contributed by atoms with Gasteiger partial charge in [0.15, 0.2) is 5.78 Å². The van der Waals surface area contributed by atoms with Gasteiger partial charge >= 0.3 is 0 Å². The number of carbonyl (C=O) groups excluding carboxylic acids is 1. The number of Topliss-reactive ketones (excluding diaryl/α,β-unsaturated/α-hetero) is 1. The lowest BCUT2D eigenvalue weighted by atomic mass is 9.81. The predicted molar refractivity (Wildman–Crippen MR) is 107 cm³/mol. The highest BCUT2D eigenvalue weighted by atomic mass is 16.3. The molecule has 0 aromatic heterocycles. The smallest absolute Gasteiger partial charge is 0.163 e. The van der Waals surface area contributed by atoms with E-state index in [4.69, 9.17) is 0 Å². The van der Waals surface area contributed by atoms with Gasteiger partial charge in [0.2, 0.25) is 0 Å². The minimum absolute atomic E-state index is 0.278. The zero-order valence-electron chi connectivity index (χ0n) is 15.9. The van der Waals surface area contributed by atoms with E-state index in [1.54, 1.807) is 0 Å². The summed E-state index contributed by atoms with van der Waals surface area (Å²) in [6.45, 7) is 2.32. The first-order valence-electron chi connectivity index (χ1n) is 10.3. The molecule has 0 amide bonds. The number of hydrogen-bond donors (Lipinski definition) is 1. The number of aliphatic hydroxyl groups excluding tert-OH is 1. The van der Waals surface area contributed by atoms with Crippen molar-refractivity contribution in [3.63, 3.8) is 0 Å². The molecule has 1 fully saturated rings. The molecule has 2 aliphatic carbocycles. The standard InChI is InChI=1S/C24H32O2/c1-18-15-19(16-23(25)20-10-4-2-5-11-20)9-8-14-22(18)17-24(26)21-12-6-3-7-13-21/h2-6,10-12,18-19,22,24,26H,7-9,13-17H2,1H3/t18?,19?,22-,24-/m0/s1. The summed E-state index contributed by atoms with van der Waals surface area (Å²) in [7, 11) is 0. The third kappa shape index (κ3) is 5.17. The lowest BCUT2D eigenvalue weighted by molar-refractivity contribution is 0.0950. The summed E-state index contributed by atoms with van der Waals surface area (Å²) in [4.78, 5) is 12.5. The van der Waals surface area contributed by atoms with E-state index in [1.807, 2.05) is 30.3 Å². The fourth-order valence-electron chi connectivity index (χ4n) is 4.67. The molecule has 0 aliphatic heterocycles. The molecule has 2 aliphatic rings. The molecule has 1 aromatic carbocycles. The number of benzene rings is 1. The maximum absolute atomic E-state index is 12.5. The van der Waals surface area contributed by atoms with Gasteiger partial charge in [0.25, 0.3) is 0 Å². The second kappa shape index (κ2) is 9.32. The molecule has 0 bridgehead atoms. The predicted octanol–water partition coefficient (Wildman–Crippen LogP) is 5.73. The lowest BCUT2D eigenvalue weighted by Gasteiger charge is -2.27. The second-order valence-electron chi connectivity index (χ2n) is 8.22. The Morgan fingerprint density at radius 3 is 2.77 bits per heavy atom. The maximum atomic E-state index is 12.5. The topological polar surface area (TPSA) is 37.3 Å². The number of aliphatic hydroxyl groups is 1. The molecule has 0 heterocycles. The molecule has 0 saturated heterocycles. The summed E-state index contributed by atoms with van der Waals surface area (Å²) in [5.74, 6) is 1.89. The summed E-state index contributed by atoms with van der Waals surface area (Å²) in [6, 6.07) is 9.69. The second-order valence-corrected chi connectivity index (χ2v) is 8.22. The maximum Gasteiger partial charge on any atom is 0.163 e. The van der Waals surface area contributed by atoms with Crippen LogP contribution >= 0.6 is 0 Å². The van der Waals surface area contributed by atoms with E-state index in [9.17, 15) is 9.90 Å². The van der Waals surface area contributed by atoms with E-state index in [0.717, 1.165) is 37.7 Å². The number of ketones is 1. The van der Waals surface area contributed by atoms with Gasteiger partial charge in [-0.25, -0.2) is 0 Å². The van der Waals surface area contributed by atoms with Crippen molar-refractivity contribution in [1.82, 2.24) is 0 Å². The summed E-state index contributed by atoms with van der Waals surface area (Å²) in [5.41, 5.74) is 2.04. The van der Waals surface area contributed by atoms with Gasteiger partial charge in [0, 0.05) is 12.0 Å². The van der Waals surface area contributed by atoms with Crippen LogP contribution in [0.25, 0.3) is 0 Å². The molecule has 2 nitrogen and oxygen atoms in total. The zero-order chi connectivity index (χ0) is 18.4. The van der Waals surface area contributed by atoms with E-state index in [-0.39, 0.29) is 11.9 Å². The Labute approximate surface area is 158 Å². The average Bonchev–Trinajstić information content (AvgIpc) is 2.84. The van der Waals surface area contributed by atoms with Crippen molar-refractivity contribution in [1.29, 1.82) is 0 Å². The Hall–Kier alpha value is -1.67. The molecule has 1 aromatic rings. The Kier molecular flexibility index (Phi) is 6.85. The number of hydrogen-bond acceptors (Lipinski definition) is 2. The Morgan fingerprint density at radius 1 is 1.23 bits per heavy atom. The fourth-order valence-corrected chi connectivity index (χ4v) is 4.67. The van der Waals surface area contributed by atoms with Crippen LogP contribution in [0.3, 0.4) is 0 Å². The monoisotopic (exact) mass is 352 g/mol. The largest absolute Gasteiger partial charge is 0.389 e. The zero-order valence-corrected chi connectivity index (χ0v) is 15.9. The molecule has 2 unspecified atom stereocenters. The molecule has 0 spiro atoms. The Morgan fingerprint density at radius 2 is 2.04 bits per heavy atom. The van der Waals surface area contributed by atoms with Gasteiger partial charge in [-0.3, -0.25) is 4.79 Å². The third-order valence-corrected chi connectivity index (χ3v) is 6.27. The molecule has 26 heavy (non-hydrogen) atoms. The van der Waals surface area contributed by atoms with E-state index in [1.165, 1.54) is 18.4 Å². The van der Waals surface area contributed by atoms with Gasteiger partial charge in [-0.1, -0.05) is 68.3 Å². The minimum Gasteiger partial charge on any atom is -0.389 e. The molecule has 3 rings (SSSR count). The van der Waals surface area contributed by atoms with Crippen molar-refractivity contribution < 1.29 is 9.90 Å². The van der Waals surface area contributed by atoms with Crippen LogP contribution in [0.5, 0.6) is 0 Å². The molecular formula is C24H32O2. The molecule has 4 atom stereocenters. The lowest BCUT2D eigenvalue weighted by Crippen LogP contribution is -2.21. The van der Waals surface area contributed by atoms with Crippen LogP contribution in [0, 0.1) is 17.8 Å². The van der Waals surface area contributed by atoms with E-state index < -0.39 is 0 Å². The van der Waals surface area contributed by atoms with Crippen molar-refractivity contribution in [2.24, 2.45) is 17.8 Å². The normalized spacial score (nSPS) is 27.5. The van der Waals surface area contributed by atoms with Crippen LogP contribution < -0.4 is 0 Å². The molecule has 140 valence electrons. The summed E-state index contributed by atoms with van der Waals surface area (Å²) in [5, 5.41) is 10.6. The van der Waals surface area contributed by atoms with Crippen LogP contribution in [0.4, 0.5) is 0 Å². The van der Waals surface area contributed by atoms with Crippen molar-refractivity contribution in [2.45, 2.75) is 64.4 Å². The minimum atomic E-state index is -0.296. The SMILES string of the molecule is CC1CC(CC(=O)c2ccccc2)CCC[C@H]1C[C@H](O)C1=CC=CCC1. The first-order chi connectivity index (χ1) is 12.6. The van der Waals surface area contributed by atoms with Gasteiger partial charge in [-0.05, 0) is 55.4 Å². The Bertz CT molecular complexity index is 643. The van der Waals surface area contributed by atoms with E-state index in [0.29, 0.717) is 24.2 Å². The highest BCUT2D eigenvalue weighted by molar-refractivity contribution is 5.96. The van der Waals surface area contributed by atoms with E-state index >= 15 is 0 Å². The van der Waals surface area contributed by atoms with Crippen molar-refractivity contribution in [3.8, 4) is 0 Å². The number of allylic oxidation sites excluding steroid dienone is 3. The fraction of sp³-hybridized carbons (Fsp3) is 0.542. The van der Waals surface area contributed by atoms with Gasteiger partial charge in [0.05, 0.1) is 6.10 Å². The average molecular weight is 353 g/mol. The Balaban J connectivity index is 1.54. The highest BCUT2D eigenvalue weighted by Gasteiger charge is 2.29. The first kappa shape index (κ1) is 19.1. The number of rotatable bonds is 6. The molecule has 2 heteroatoms. The molecular weight excluding hydrogens is 320 g/mol. The van der Waals surface area contributed by atoms with Crippen molar-refractivity contribution in [2.75, 3.05) is 0 Å². The van der Waals surface area contributed by atoms with Crippen molar-refractivity contribution >= 4 is 5.78 Å². The van der Waals surface area contributed by atoms with Crippen LogP contribution in [0.2, 0.25) is 0 Å². The number of carbonyl (C=O) groups is 1. The highest BCUT2D eigenvalue weighted by Crippen LogP contribution is 2.37. The van der Waals surface area contributed by atoms with Gasteiger partial charge in [-0.15, -0.1) is 0 Å². The van der Waals surface area contributed by atoms with Crippen LogP contribution in [0.1, 0.15) is 68.6 Å². The van der Waals surface area contributed by atoms with Gasteiger partial charge < -0.3 is 5.11 Å². The summed E-state index contributed by atoms with van der Waals surface area (Å²) in [6.07, 6.45) is 14.2. The quantitative estimate of drug-likeness (QED) is 0.524. The molecule has 1 saturated carbocycles. The van der Waals surface area contributed by atoms with Crippen LogP contribution in [0.15, 0.2) is 54.1 Å². The summed E-state index contributed by atoms with van der Waals surface area (Å²) < 4.78 is 0. The molecule has 1 N–H and O–H groups in total. The summed E-state index contributed by atoms with van der Waals surface area (Å²) >= 11 is 0. The van der Waals surface area contributed by atoms with Gasteiger partial charge in [0.1, 0.15) is 0 Å². The third-order valence-electron chi connectivity index (χ3n) is 6.27. The van der Waals surface area contributed by atoms with Gasteiger partial charge in [-0.2, -0.15) is 0 Å². The van der Waals surface area contributed by atoms with Crippen molar-refractivity contribution in [3.05, 3.63) is 59.7 Å². The molecule has 0 radical (unpaired) electrons. The van der Waals surface area contributed by atoms with E-state index in [2.05, 4.69) is 25.2 Å².